The molecule has 0 saturated heterocycles. The minimum Gasteiger partial charge on any atom is -0.465 e. The van der Waals surface area contributed by atoms with Crippen molar-refractivity contribution in [1.82, 2.24) is 14.5 Å². The Labute approximate surface area is 272 Å². The number of aromatic nitrogens is 3. The molecule has 0 saturated carbocycles. The van der Waals surface area contributed by atoms with E-state index in [0.717, 1.165) is 57.9 Å². The lowest BCUT2D eigenvalue weighted by Gasteiger charge is -2.23. The van der Waals surface area contributed by atoms with Crippen LogP contribution in [0.2, 0.25) is 0 Å². The van der Waals surface area contributed by atoms with Crippen LogP contribution >= 0.6 is 11.8 Å². The smallest absolute Gasteiger partial charge is 0.417 e. The van der Waals surface area contributed by atoms with Crippen molar-refractivity contribution in [3.05, 3.63) is 113 Å². The highest BCUT2D eigenvalue weighted by Gasteiger charge is 2.33. The molecule has 1 unspecified atom stereocenters. The summed E-state index contributed by atoms with van der Waals surface area (Å²) < 4.78 is 46.7. The van der Waals surface area contributed by atoms with Gasteiger partial charge in [0.2, 0.25) is 0 Å². The quantitative estimate of drug-likeness (QED) is 0.112. The lowest BCUT2D eigenvalue weighted by atomic mass is 9.94. The number of benzene rings is 2. The Bertz CT molecular complexity index is 1790. The van der Waals surface area contributed by atoms with Gasteiger partial charge in [-0.2, -0.15) is 13.2 Å². The zero-order valence-electron chi connectivity index (χ0n) is 26.7. The number of thioether (sulfide) groups is 1. The van der Waals surface area contributed by atoms with Crippen molar-refractivity contribution in [1.29, 1.82) is 0 Å². The predicted octanol–water partition coefficient (Wildman–Crippen LogP) is 9.22. The Kier molecular flexibility index (Phi) is 9.91. The molecule has 240 valence electrons. The highest BCUT2D eigenvalue weighted by molar-refractivity contribution is 8.00. The van der Waals surface area contributed by atoms with Crippen molar-refractivity contribution < 1.29 is 22.7 Å². The maximum Gasteiger partial charge on any atom is 0.417 e. The fourth-order valence-electron chi connectivity index (χ4n) is 5.57. The SMILES string of the molecule is CCOC(=O)C(Cc1ccc(-c2ccc(C(F)(F)F)cn2)cc1)c1c(SC(C)(C)C)c2cc(CCc3ccccn3)ccc2n1C. The second kappa shape index (κ2) is 13.7. The summed E-state index contributed by atoms with van der Waals surface area (Å²) in [7, 11) is 2.00. The highest BCUT2D eigenvalue weighted by atomic mass is 32.2. The van der Waals surface area contributed by atoms with E-state index in [1.165, 1.54) is 11.6 Å². The first-order valence-electron chi connectivity index (χ1n) is 15.3. The van der Waals surface area contributed by atoms with Gasteiger partial charge in [-0.05, 0) is 73.7 Å². The van der Waals surface area contributed by atoms with E-state index < -0.39 is 17.7 Å². The number of aryl methyl sites for hydroxylation is 3. The monoisotopic (exact) mass is 645 g/mol. The van der Waals surface area contributed by atoms with Gasteiger partial charge in [0, 0.05) is 56.9 Å². The van der Waals surface area contributed by atoms with Gasteiger partial charge in [0.15, 0.2) is 0 Å². The number of carbonyl (C=O) groups excluding carboxylic acids is 1. The molecule has 2 aromatic carbocycles. The third-order valence-corrected chi connectivity index (χ3v) is 8.99. The molecule has 0 aliphatic carbocycles. The normalized spacial score (nSPS) is 12.8. The fourth-order valence-corrected chi connectivity index (χ4v) is 6.84. The molecule has 0 fully saturated rings. The summed E-state index contributed by atoms with van der Waals surface area (Å²) in [6.45, 7) is 8.56. The summed E-state index contributed by atoms with van der Waals surface area (Å²) >= 11 is 1.75. The van der Waals surface area contributed by atoms with Crippen molar-refractivity contribution in [3.63, 3.8) is 0 Å². The molecule has 9 heteroatoms. The number of nitrogens with zero attached hydrogens (tertiary/aromatic N) is 3. The number of fused-ring (bicyclic) bond motifs is 1. The summed E-state index contributed by atoms with van der Waals surface area (Å²) in [5.74, 6) is -0.873. The molecule has 5 nitrogen and oxygen atoms in total. The molecule has 5 aromatic rings. The van der Waals surface area contributed by atoms with Crippen molar-refractivity contribution in [2.24, 2.45) is 7.05 Å². The Morgan fingerprint density at radius 3 is 2.28 bits per heavy atom. The van der Waals surface area contributed by atoms with Gasteiger partial charge in [0.25, 0.3) is 0 Å². The van der Waals surface area contributed by atoms with Crippen LogP contribution in [0.4, 0.5) is 13.2 Å². The topological polar surface area (TPSA) is 57.0 Å². The van der Waals surface area contributed by atoms with E-state index in [2.05, 4.69) is 53.5 Å². The van der Waals surface area contributed by atoms with Crippen molar-refractivity contribution in [2.75, 3.05) is 6.61 Å². The van der Waals surface area contributed by atoms with Crippen LogP contribution in [0, 0.1) is 0 Å². The Hall–Kier alpha value is -4.11. The van der Waals surface area contributed by atoms with Crippen LogP contribution < -0.4 is 0 Å². The second-order valence-corrected chi connectivity index (χ2v) is 14.1. The third kappa shape index (κ3) is 7.81. The number of hydrogen-bond donors (Lipinski definition) is 0. The van der Waals surface area contributed by atoms with Crippen molar-refractivity contribution in [2.45, 2.75) is 68.7 Å². The molecule has 0 spiro atoms. The maximum atomic E-state index is 13.7. The summed E-state index contributed by atoms with van der Waals surface area (Å²) in [4.78, 5) is 23.2. The molecule has 0 bridgehead atoms. The molecule has 3 aromatic heterocycles. The van der Waals surface area contributed by atoms with Crippen molar-refractivity contribution in [3.8, 4) is 11.3 Å². The summed E-state index contributed by atoms with van der Waals surface area (Å²) in [5, 5.41) is 1.11. The van der Waals surface area contributed by atoms with Crippen LogP contribution in [-0.4, -0.2) is 31.9 Å². The Balaban J connectivity index is 1.50. The number of carbonyl (C=O) groups is 1. The first kappa shape index (κ1) is 33.3. The van der Waals surface area contributed by atoms with E-state index in [4.69, 9.17) is 4.74 Å². The first-order chi connectivity index (χ1) is 21.8. The molecule has 1 atom stereocenters. The van der Waals surface area contributed by atoms with Gasteiger partial charge in [-0.25, -0.2) is 0 Å². The molecular formula is C37H38F3N3O2S. The zero-order valence-corrected chi connectivity index (χ0v) is 27.5. The van der Waals surface area contributed by atoms with E-state index in [1.54, 1.807) is 18.7 Å². The van der Waals surface area contributed by atoms with Crippen LogP contribution in [0.1, 0.15) is 61.7 Å². The van der Waals surface area contributed by atoms with Crippen LogP contribution in [0.5, 0.6) is 0 Å². The summed E-state index contributed by atoms with van der Waals surface area (Å²) in [5.41, 5.74) is 5.44. The summed E-state index contributed by atoms with van der Waals surface area (Å²) in [6.07, 6.45) is 0.293. The minimum absolute atomic E-state index is 0.123. The van der Waals surface area contributed by atoms with Gasteiger partial charge in [-0.3, -0.25) is 14.8 Å². The van der Waals surface area contributed by atoms with E-state index in [-0.39, 0.29) is 17.3 Å². The standard InChI is InChI=1S/C37H38F3N3O2S/c1-6-45-35(44)30(22-24-10-14-26(15-11-24)31-18-16-27(23-42-31)37(38,39)40)33-34(46-36(2,3)4)29-21-25(13-19-32(29)43(33)5)12-17-28-9-7-8-20-41-28/h7-11,13-16,18-21,23,30H,6,12,17,22H2,1-5H3. The average molecular weight is 646 g/mol. The molecule has 0 aliphatic heterocycles. The molecule has 0 radical (unpaired) electrons. The van der Waals surface area contributed by atoms with Crippen LogP contribution in [-0.2, 0) is 42.0 Å². The fraction of sp³-hybridized carbons (Fsp3) is 0.324. The summed E-state index contributed by atoms with van der Waals surface area (Å²) in [6, 6.07) is 22.3. The molecule has 0 N–H and O–H groups in total. The highest BCUT2D eigenvalue weighted by Crippen LogP contribution is 2.44. The number of hydrogen-bond acceptors (Lipinski definition) is 5. The van der Waals surface area contributed by atoms with Gasteiger partial charge in [-0.15, -0.1) is 11.8 Å². The van der Waals surface area contributed by atoms with Gasteiger partial charge in [0.1, 0.15) is 5.92 Å². The minimum atomic E-state index is -4.44. The van der Waals surface area contributed by atoms with E-state index in [0.29, 0.717) is 17.7 Å². The van der Waals surface area contributed by atoms with Gasteiger partial charge in [0.05, 0.1) is 17.9 Å². The molecule has 5 rings (SSSR count). The van der Waals surface area contributed by atoms with Gasteiger partial charge >= 0.3 is 12.1 Å². The van der Waals surface area contributed by atoms with Crippen LogP contribution in [0.3, 0.4) is 0 Å². The van der Waals surface area contributed by atoms with Gasteiger partial charge < -0.3 is 9.30 Å². The number of pyridine rings is 2. The zero-order chi connectivity index (χ0) is 33.1. The molecule has 0 amide bonds. The Morgan fingerprint density at radius 2 is 1.67 bits per heavy atom. The van der Waals surface area contributed by atoms with Gasteiger partial charge in [-0.1, -0.05) is 57.2 Å². The largest absolute Gasteiger partial charge is 0.465 e. The molecule has 46 heavy (non-hydrogen) atoms. The number of ether oxygens (including phenoxy) is 1. The molecule has 3 heterocycles. The number of rotatable bonds is 10. The third-order valence-electron chi connectivity index (χ3n) is 7.75. The number of alkyl halides is 3. The lowest BCUT2D eigenvalue weighted by Crippen LogP contribution is -2.22. The van der Waals surface area contributed by atoms with Crippen LogP contribution in [0.15, 0.2) is 90.1 Å². The molecule has 0 aliphatic rings. The molecular weight excluding hydrogens is 607 g/mol. The predicted molar refractivity (Wildman–Crippen MR) is 178 cm³/mol. The average Bonchev–Trinajstić information content (AvgIpc) is 3.28. The lowest BCUT2D eigenvalue weighted by molar-refractivity contribution is -0.145. The van der Waals surface area contributed by atoms with E-state index in [1.807, 2.05) is 55.7 Å². The first-order valence-corrected chi connectivity index (χ1v) is 16.1. The second-order valence-electron chi connectivity index (χ2n) is 12.3. The van der Waals surface area contributed by atoms with Crippen molar-refractivity contribution >= 4 is 28.6 Å². The van der Waals surface area contributed by atoms with E-state index in [9.17, 15) is 18.0 Å². The van der Waals surface area contributed by atoms with E-state index >= 15 is 0 Å². The maximum absolute atomic E-state index is 13.7. The number of halogens is 3. The van der Waals surface area contributed by atoms with Crippen LogP contribution in [0.25, 0.3) is 22.2 Å². The Morgan fingerprint density at radius 1 is 0.935 bits per heavy atom. The number of esters is 1.